The highest BCUT2D eigenvalue weighted by Crippen LogP contribution is 2.19. The second-order valence-electron chi connectivity index (χ2n) is 4.95. The van der Waals surface area contributed by atoms with Crippen LogP contribution >= 0.6 is 0 Å². The molecule has 5 heteroatoms. The quantitative estimate of drug-likeness (QED) is 0.800. The maximum absolute atomic E-state index is 12.1. The van der Waals surface area contributed by atoms with Crippen molar-refractivity contribution in [3.63, 3.8) is 0 Å². The number of amides is 1. The molecule has 0 atom stereocenters. The monoisotopic (exact) mass is 293 g/mol. The summed E-state index contributed by atoms with van der Waals surface area (Å²) in [5.41, 5.74) is 0.921. The van der Waals surface area contributed by atoms with Crippen molar-refractivity contribution in [2.45, 2.75) is 33.6 Å². The summed E-state index contributed by atoms with van der Waals surface area (Å²) >= 11 is 0. The minimum absolute atomic E-state index is 0.0206. The third-order valence-electron chi connectivity index (χ3n) is 3.11. The van der Waals surface area contributed by atoms with Gasteiger partial charge in [-0.2, -0.15) is 0 Å². The van der Waals surface area contributed by atoms with E-state index in [9.17, 15) is 9.59 Å². The molecule has 1 amide bonds. The molecule has 1 aromatic carbocycles. The summed E-state index contributed by atoms with van der Waals surface area (Å²) in [5, 5.41) is 8.91. The van der Waals surface area contributed by atoms with Crippen LogP contribution in [0.4, 0.5) is 0 Å². The molecule has 0 saturated heterocycles. The Kier molecular flexibility index (Phi) is 6.72. The van der Waals surface area contributed by atoms with Crippen molar-refractivity contribution in [1.29, 1.82) is 0 Å². The van der Waals surface area contributed by atoms with E-state index >= 15 is 0 Å². The minimum atomic E-state index is -0.974. The summed E-state index contributed by atoms with van der Waals surface area (Å²) < 4.78 is 5.52. The first-order valence-electron chi connectivity index (χ1n) is 7.24. The Hall–Kier alpha value is -2.04. The first-order valence-corrected chi connectivity index (χ1v) is 7.24. The van der Waals surface area contributed by atoms with Crippen LogP contribution in [0.5, 0.6) is 5.75 Å². The molecule has 0 saturated carbocycles. The van der Waals surface area contributed by atoms with Crippen LogP contribution in [0, 0.1) is 6.92 Å². The van der Waals surface area contributed by atoms with Gasteiger partial charge in [0.15, 0.2) is 6.61 Å². The molecule has 0 spiro atoms. The Labute approximate surface area is 125 Å². The summed E-state index contributed by atoms with van der Waals surface area (Å²) in [6.45, 7) is 7.27. The number of aromatic carboxylic acids is 1. The van der Waals surface area contributed by atoms with Crippen molar-refractivity contribution in [3.8, 4) is 5.75 Å². The molecule has 0 radical (unpaired) electrons. The lowest BCUT2D eigenvalue weighted by Gasteiger charge is -2.21. The van der Waals surface area contributed by atoms with E-state index in [1.165, 1.54) is 12.1 Å². The normalized spacial score (nSPS) is 10.2. The number of hydrogen-bond donors (Lipinski definition) is 1. The molecule has 21 heavy (non-hydrogen) atoms. The Morgan fingerprint density at radius 1 is 1.19 bits per heavy atom. The van der Waals surface area contributed by atoms with Gasteiger partial charge in [0, 0.05) is 13.1 Å². The fourth-order valence-electron chi connectivity index (χ4n) is 2.08. The largest absolute Gasteiger partial charge is 0.483 e. The second-order valence-corrected chi connectivity index (χ2v) is 4.95. The van der Waals surface area contributed by atoms with Crippen LogP contribution in [-0.4, -0.2) is 41.6 Å². The van der Waals surface area contributed by atoms with Crippen molar-refractivity contribution < 1.29 is 19.4 Å². The van der Waals surface area contributed by atoms with Gasteiger partial charge in [0.25, 0.3) is 5.91 Å². The van der Waals surface area contributed by atoms with Gasteiger partial charge in [0.1, 0.15) is 5.75 Å². The van der Waals surface area contributed by atoms with E-state index in [2.05, 4.69) is 0 Å². The average molecular weight is 293 g/mol. The van der Waals surface area contributed by atoms with Crippen LogP contribution in [0.3, 0.4) is 0 Å². The second kappa shape index (κ2) is 8.29. The van der Waals surface area contributed by atoms with Gasteiger partial charge in [-0.1, -0.05) is 13.8 Å². The summed E-state index contributed by atoms with van der Waals surface area (Å²) in [6, 6.07) is 4.61. The van der Waals surface area contributed by atoms with Crippen LogP contribution < -0.4 is 4.74 Å². The minimum Gasteiger partial charge on any atom is -0.483 e. The van der Waals surface area contributed by atoms with Gasteiger partial charge in [-0.15, -0.1) is 0 Å². The Morgan fingerprint density at radius 2 is 1.81 bits per heavy atom. The summed E-state index contributed by atoms with van der Waals surface area (Å²) in [6.07, 6.45) is 1.83. The van der Waals surface area contributed by atoms with Gasteiger partial charge in [-0.3, -0.25) is 4.79 Å². The van der Waals surface area contributed by atoms with Gasteiger partial charge < -0.3 is 14.7 Å². The lowest BCUT2D eigenvalue weighted by Crippen LogP contribution is -2.36. The SMILES string of the molecule is CCCN(CCC)C(=O)COc1ccc(C(=O)O)cc1C. The smallest absolute Gasteiger partial charge is 0.335 e. The molecule has 0 aliphatic heterocycles. The van der Waals surface area contributed by atoms with E-state index < -0.39 is 5.97 Å². The number of carboxylic acids is 1. The van der Waals surface area contributed by atoms with Crippen LogP contribution in [0.2, 0.25) is 0 Å². The molecule has 0 aliphatic rings. The number of rotatable bonds is 8. The summed E-state index contributed by atoms with van der Waals surface area (Å²) in [4.78, 5) is 24.7. The first kappa shape index (κ1) is 17.0. The van der Waals surface area contributed by atoms with E-state index in [0.29, 0.717) is 11.3 Å². The summed E-state index contributed by atoms with van der Waals surface area (Å²) in [5.74, 6) is -0.473. The molecule has 0 aliphatic carbocycles. The van der Waals surface area contributed by atoms with E-state index in [0.717, 1.165) is 25.9 Å². The van der Waals surface area contributed by atoms with Crippen LogP contribution in [-0.2, 0) is 4.79 Å². The molecule has 0 fully saturated rings. The van der Waals surface area contributed by atoms with Crippen molar-refractivity contribution in [3.05, 3.63) is 29.3 Å². The molecule has 0 unspecified atom stereocenters. The van der Waals surface area contributed by atoms with E-state index in [4.69, 9.17) is 9.84 Å². The predicted octanol–water partition coefficient (Wildman–Crippen LogP) is 2.72. The molecule has 0 bridgehead atoms. The first-order chi connectivity index (χ1) is 9.99. The van der Waals surface area contributed by atoms with Crippen molar-refractivity contribution in [2.75, 3.05) is 19.7 Å². The molecular formula is C16H23NO4. The highest BCUT2D eigenvalue weighted by Gasteiger charge is 2.13. The zero-order valence-corrected chi connectivity index (χ0v) is 12.9. The summed E-state index contributed by atoms with van der Waals surface area (Å²) in [7, 11) is 0. The zero-order valence-electron chi connectivity index (χ0n) is 12.9. The highest BCUT2D eigenvalue weighted by atomic mass is 16.5. The van der Waals surface area contributed by atoms with Crippen LogP contribution in [0.15, 0.2) is 18.2 Å². The number of nitrogens with zero attached hydrogens (tertiary/aromatic N) is 1. The molecule has 5 nitrogen and oxygen atoms in total. The fourth-order valence-corrected chi connectivity index (χ4v) is 2.08. The molecule has 1 N–H and O–H groups in total. The van der Waals surface area contributed by atoms with E-state index in [-0.39, 0.29) is 18.1 Å². The van der Waals surface area contributed by atoms with Gasteiger partial charge in [-0.25, -0.2) is 4.79 Å². The maximum atomic E-state index is 12.1. The Morgan fingerprint density at radius 3 is 2.29 bits per heavy atom. The van der Waals surface area contributed by atoms with E-state index in [1.54, 1.807) is 17.9 Å². The van der Waals surface area contributed by atoms with Gasteiger partial charge >= 0.3 is 5.97 Å². The maximum Gasteiger partial charge on any atom is 0.335 e. The number of benzene rings is 1. The third kappa shape index (κ3) is 5.10. The van der Waals surface area contributed by atoms with Gasteiger partial charge in [-0.05, 0) is 43.5 Å². The van der Waals surface area contributed by atoms with Gasteiger partial charge in [0.05, 0.1) is 5.56 Å². The zero-order chi connectivity index (χ0) is 15.8. The average Bonchev–Trinajstić information content (AvgIpc) is 2.45. The molecule has 1 aromatic rings. The topological polar surface area (TPSA) is 66.8 Å². The molecule has 1 rings (SSSR count). The fraction of sp³-hybridized carbons (Fsp3) is 0.500. The predicted molar refractivity (Wildman–Crippen MR) is 80.8 cm³/mol. The Balaban J connectivity index is 2.65. The van der Waals surface area contributed by atoms with Crippen molar-refractivity contribution in [1.82, 2.24) is 4.90 Å². The number of carboxylic acid groups (broad SMARTS) is 1. The number of aryl methyl sites for hydroxylation is 1. The molecule has 0 heterocycles. The van der Waals surface area contributed by atoms with Crippen molar-refractivity contribution in [2.24, 2.45) is 0 Å². The molecular weight excluding hydrogens is 270 g/mol. The molecule has 116 valence electrons. The highest BCUT2D eigenvalue weighted by molar-refractivity contribution is 5.88. The van der Waals surface area contributed by atoms with Crippen molar-refractivity contribution >= 4 is 11.9 Å². The standard InChI is InChI=1S/C16H23NO4/c1-4-8-17(9-5-2)15(18)11-21-14-7-6-13(16(19)20)10-12(14)3/h6-7,10H,4-5,8-9,11H2,1-3H3,(H,19,20). The number of carbonyl (C=O) groups is 2. The van der Waals surface area contributed by atoms with Crippen LogP contribution in [0.1, 0.15) is 42.6 Å². The lowest BCUT2D eigenvalue weighted by molar-refractivity contribution is -0.133. The van der Waals surface area contributed by atoms with E-state index in [1.807, 2.05) is 13.8 Å². The number of hydrogen-bond acceptors (Lipinski definition) is 3. The third-order valence-corrected chi connectivity index (χ3v) is 3.11. The van der Waals surface area contributed by atoms with Gasteiger partial charge in [0.2, 0.25) is 0 Å². The Bertz CT molecular complexity index is 493. The lowest BCUT2D eigenvalue weighted by atomic mass is 10.1. The molecule has 0 aromatic heterocycles. The van der Waals surface area contributed by atoms with Crippen LogP contribution in [0.25, 0.3) is 0 Å². The number of carbonyl (C=O) groups excluding carboxylic acids is 1. The number of ether oxygens (including phenoxy) is 1.